The van der Waals surface area contributed by atoms with Gasteiger partial charge < -0.3 is 5.11 Å². The molecule has 1 nitrogen and oxygen atoms in total. The molecule has 0 bridgehead atoms. The highest BCUT2D eigenvalue weighted by molar-refractivity contribution is 14.1. The van der Waals surface area contributed by atoms with Crippen LogP contribution >= 0.6 is 123 Å². The SMILES string of the molecule is CC(C)(c1cc(-c2cssc2=S)cc(C(C)(C)c2cccc(I)c2I)c1O)c1cccc(I)c1I. The standard InChI is InChI=1S/C27H22I4OS3/c1-26(2,16-7-5-9-20(28)22(16)30)18-11-14(15-13-34-35-25(15)33)12-19(24(18)32)27(3,4)17-8-6-10-21(29)23(17)31/h5-13,32H,1-4H3. The van der Waals surface area contributed by atoms with Gasteiger partial charge in [0.1, 0.15) is 9.57 Å². The molecule has 182 valence electrons. The highest BCUT2D eigenvalue weighted by Gasteiger charge is 2.35. The summed E-state index contributed by atoms with van der Waals surface area (Å²) in [5.74, 6) is 0.359. The third-order valence-corrected chi connectivity index (χ3v) is 15.4. The van der Waals surface area contributed by atoms with Gasteiger partial charge in [-0.1, -0.05) is 84.9 Å². The predicted octanol–water partition coefficient (Wildman–Crippen LogP) is 11.0. The molecule has 4 aromatic rings. The summed E-state index contributed by atoms with van der Waals surface area (Å²) >= 11 is 15.3. The van der Waals surface area contributed by atoms with Crippen molar-refractivity contribution in [1.29, 1.82) is 0 Å². The first-order valence-corrected chi connectivity index (χ1v) is 17.7. The summed E-state index contributed by atoms with van der Waals surface area (Å²) in [4.78, 5) is 0. The molecule has 1 aromatic heterocycles. The molecular weight excluding hydrogens is 944 g/mol. The molecule has 0 aliphatic heterocycles. The second-order valence-electron chi connectivity index (χ2n) is 9.37. The zero-order valence-corrected chi connectivity index (χ0v) is 30.5. The third kappa shape index (κ3) is 5.41. The van der Waals surface area contributed by atoms with Crippen LogP contribution < -0.4 is 0 Å². The number of rotatable bonds is 5. The average Bonchev–Trinajstić information content (AvgIpc) is 3.23. The molecule has 35 heavy (non-hydrogen) atoms. The van der Waals surface area contributed by atoms with E-state index in [1.54, 1.807) is 20.7 Å². The maximum atomic E-state index is 12.0. The maximum Gasteiger partial charge on any atom is 0.123 e. The smallest absolute Gasteiger partial charge is 0.123 e. The first-order chi connectivity index (χ1) is 16.4. The van der Waals surface area contributed by atoms with Crippen molar-refractivity contribution < 1.29 is 5.11 Å². The third-order valence-electron chi connectivity index (χ3n) is 6.53. The highest BCUT2D eigenvalue weighted by Crippen LogP contribution is 2.48. The molecule has 4 rings (SSSR count). The number of halogens is 4. The van der Waals surface area contributed by atoms with Gasteiger partial charge in [0.2, 0.25) is 0 Å². The quantitative estimate of drug-likeness (QED) is 0.122. The largest absolute Gasteiger partial charge is 0.507 e. The fourth-order valence-corrected chi connectivity index (χ4v) is 9.86. The van der Waals surface area contributed by atoms with E-state index in [-0.39, 0.29) is 0 Å². The Hall–Kier alpha value is 0.650. The number of benzene rings is 3. The summed E-state index contributed by atoms with van der Waals surface area (Å²) in [7, 11) is 3.29. The van der Waals surface area contributed by atoms with Gasteiger partial charge in [0.15, 0.2) is 0 Å². The van der Waals surface area contributed by atoms with E-state index in [1.807, 2.05) is 0 Å². The zero-order valence-electron chi connectivity index (χ0n) is 19.4. The highest BCUT2D eigenvalue weighted by atomic mass is 127. The van der Waals surface area contributed by atoms with Crippen molar-refractivity contribution in [2.24, 2.45) is 0 Å². The summed E-state index contributed by atoms with van der Waals surface area (Å²) in [6.45, 7) is 8.82. The molecule has 0 spiro atoms. The Kier molecular flexibility index (Phi) is 9.03. The van der Waals surface area contributed by atoms with E-state index in [4.69, 9.17) is 12.2 Å². The van der Waals surface area contributed by atoms with Crippen LogP contribution in [0, 0.1) is 18.1 Å². The molecule has 1 N–H and O–H groups in total. The Morgan fingerprint density at radius 2 is 1.20 bits per heavy atom. The topological polar surface area (TPSA) is 20.2 Å². The van der Waals surface area contributed by atoms with Gasteiger partial charge in [-0.05, 0) is 131 Å². The van der Waals surface area contributed by atoms with Crippen LogP contribution in [0.25, 0.3) is 11.1 Å². The Morgan fingerprint density at radius 1 is 0.743 bits per heavy atom. The molecule has 0 aliphatic rings. The van der Waals surface area contributed by atoms with E-state index in [0.717, 1.165) is 26.1 Å². The molecule has 0 unspecified atom stereocenters. The molecule has 0 radical (unpaired) electrons. The van der Waals surface area contributed by atoms with Gasteiger partial charge in [-0.15, -0.1) is 0 Å². The zero-order chi connectivity index (χ0) is 25.7. The lowest BCUT2D eigenvalue weighted by Gasteiger charge is -2.34. The summed E-state index contributed by atoms with van der Waals surface area (Å²) in [5.41, 5.74) is 5.56. The normalized spacial score (nSPS) is 12.2. The maximum absolute atomic E-state index is 12.0. The molecule has 0 atom stereocenters. The number of aromatic hydroxyl groups is 1. The van der Waals surface area contributed by atoms with Crippen LogP contribution in [-0.2, 0) is 10.8 Å². The first-order valence-electron chi connectivity index (χ1n) is 10.7. The Balaban J connectivity index is 2.06. The van der Waals surface area contributed by atoms with Gasteiger partial charge in [0.05, 0.1) is 0 Å². The van der Waals surface area contributed by atoms with Crippen LogP contribution in [-0.4, -0.2) is 5.11 Å². The minimum atomic E-state index is -0.415. The van der Waals surface area contributed by atoms with Crippen molar-refractivity contribution in [3.8, 4) is 16.9 Å². The fourth-order valence-electron chi connectivity index (χ4n) is 4.40. The van der Waals surface area contributed by atoms with Crippen LogP contribution in [0.1, 0.15) is 49.9 Å². The second-order valence-corrected chi connectivity index (χ2v) is 16.6. The van der Waals surface area contributed by atoms with Crippen LogP contribution in [0.3, 0.4) is 0 Å². The minimum Gasteiger partial charge on any atom is -0.507 e. The fraction of sp³-hybridized carbons (Fsp3) is 0.222. The molecule has 0 fully saturated rings. The molecule has 0 saturated heterocycles. The van der Waals surface area contributed by atoms with Crippen molar-refractivity contribution in [2.75, 3.05) is 0 Å². The Labute approximate surface area is 274 Å². The van der Waals surface area contributed by atoms with Gasteiger partial charge >= 0.3 is 0 Å². The first kappa shape index (κ1) is 28.7. The van der Waals surface area contributed by atoms with E-state index in [9.17, 15) is 5.11 Å². The van der Waals surface area contributed by atoms with Crippen molar-refractivity contribution in [3.63, 3.8) is 0 Å². The summed E-state index contributed by atoms with van der Waals surface area (Å²) in [6.07, 6.45) is 0. The molecular formula is C27H22I4OS3. The number of hydrogen-bond acceptors (Lipinski definition) is 4. The van der Waals surface area contributed by atoms with E-state index in [0.29, 0.717) is 5.75 Å². The molecule has 8 heteroatoms. The van der Waals surface area contributed by atoms with Crippen LogP contribution in [0.5, 0.6) is 5.75 Å². The Morgan fingerprint density at radius 3 is 1.60 bits per heavy atom. The van der Waals surface area contributed by atoms with E-state index in [1.165, 1.54) is 25.4 Å². The summed E-state index contributed by atoms with van der Waals surface area (Å²) in [5, 5.41) is 14.1. The molecule has 3 aromatic carbocycles. The molecule has 0 aliphatic carbocycles. The molecule has 0 saturated carbocycles. The van der Waals surface area contributed by atoms with Crippen LogP contribution in [0.15, 0.2) is 53.9 Å². The average molecular weight is 966 g/mol. The Bertz CT molecular complexity index is 1400. The molecule has 0 amide bonds. The van der Waals surface area contributed by atoms with Crippen LogP contribution in [0.2, 0.25) is 0 Å². The summed E-state index contributed by atoms with van der Waals surface area (Å²) in [6, 6.07) is 17.1. The van der Waals surface area contributed by atoms with Gasteiger partial charge in [-0.3, -0.25) is 0 Å². The van der Waals surface area contributed by atoms with Crippen molar-refractivity contribution in [2.45, 2.75) is 38.5 Å². The van der Waals surface area contributed by atoms with Gasteiger partial charge in [-0.25, -0.2) is 0 Å². The lowest BCUT2D eigenvalue weighted by atomic mass is 9.71. The lowest BCUT2D eigenvalue weighted by Crippen LogP contribution is -2.25. The van der Waals surface area contributed by atoms with Gasteiger partial charge in [0.25, 0.3) is 0 Å². The number of hydrogen-bond donors (Lipinski definition) is 1. The van der Waals surface area contributed by atoms with Crippen molar-refractivity contribution in [3.05, 3.63) is 94.3 Å². The molecule has 1 heterocycles. The van der Waals surface area contributed by atoms with Crippen molar-refractivity contribution in [1.82, 2.24) is 0 Å². The van der Waals surface area contributed by atoms with Gasteiger partial charge in [-0.2, -0.15) is 0 Å². The lowest BCUT2D eigenvalue weighted by molar-refractivity contribution is 0.433. The van der Waals surface area contributed by atoms with Gasteiger partial charge in [0, 0.05) is 47.2 Å². The van der Waals surface area contributed by atoms with Crippen molar-refractivity contribution >= 4 is 123 Å². The predicted molar refractivity (Wildman–Crippen MR) is 188 cm³/mol. The van der Waals surface area contributed by atoms with E-state index >= 15 is 0 Å². The second kappa shape index (κ2) is 11.0. The summed E-state index contributed by atoms with van der Waals surface area (Å²) < 4.78 is 5.75. The number of phenols is 1. The van der Waals surface area contributed by atoms with Crippen LogP contribution in [0.4, 0.5) is 0 Å². The van der Waals surface area contributed by atoms with E-state index < -0.39 is 10.8 Å². The van der Waals surface area contributed by atoms with E-state index in [2.05, 4.69) is 172 Å². The monoisotopic (exact) mass is 966 g/mol. The number of phenolic OH excluding ortho intramolecular Hbond substituents is 1. The minimum absolute atomic E-state index is 0.359.